The van der Waals surface area contributed by atoms with Crippen molar-refractivity contribution in [1.82, 2.24) is 5.32 Å². The van der Waals surface area contributed by atoms with Gasteiger partial charge in [-0.05, 0) is 43.4 Å². The van der Waals surface area contributed by atoms with E-state index in [-0.39, 0.29) is 23.9 Å². The number of unbranched alkanes of at least 4 members (excludes halogenated alkanes) is 1. The highest BCUT2D eigenvalue weighted by atomic mass is 16.5. The van der Waals surface area contributed by atoms with Crippen LogP contribution in [0.2, 0.25) is 0 Å². The van der Waals surface area contributed by atoms with E-state index in [4.69, 9.17) is 10.5 Å². The molecule has 0 heterocycles. The second-order valence-corrected chi connectivity index (χ2v) is 6.60. The number of rotatable bonds is 7. The van der Waals surface area contributed by atoms with Crippen molar-refractivity contribution in [2.24, 2.45) is 11.7 Å². The maximum atomic E-state index is 12.6. The second-order valence-electron chi connectivity index (χ2n) is 6.60. The van der Waals surface area contributed by atoms with E-state index in [0.29, 0.717) is 0 Å². The van der Waals surface area contributed by atoms with Gasteiger partial charge in [0.25, 0.3) is 0 Å². The van der Waals surface area contributed by atoms with Gasteiger partial charge in [-0.25, -0.2) is 0 Å². The van der Waals surface area contributed by atoms with Gasteiger partial charge in [-0.3, -0.25) is 4.79 Å². The van der Waals surface area contributed by atoms with E-state index in [9.17, 15) is 4.79 Å². The Hall–Kier alpha value is -1.55. The third-order valence-corrected chi connectivity index (χ3v) is 4.77. The van der Waals surface area contributed by atoms with Gasteiger partial charge < -0.3 is 15.8 Å². The number of ether oxygens (including phenoxy) is 1. The van der Waals surface area contributed by atoms with Crippen LogP contribution < -0.4 is 15.8 Å². The van der Waals surface area contributed by atoms with Crippen molar-refractivity contribution in [1.29, 1.82) is 0 Å². The summed E-state index contributed by atoms with van der Waals surface area (Å²) in [6.45, 7) is 2.17. The van der Waals surface area contributed by atoms with Crippen LogP contribution in [0.15, 0.2) is 24.3 Å². The summed E-state index contributed by atoms with van der Waals surface area (Å²) < 4.78 is 5.22. The smallest absolute Gasteiger partial charge is 0.223 e. The SMILES string of the molecule is CCCCC(NC(=O)C1CCCC(N)C1)c1ccc(OC)cc1. The van der Waals surface area contributed by atoms with Crippen LogP contribution in [0.1, 0.15) is 63.5 Å². The molecule has 23 heavy (non-hydrogen) atoms. The molecular weight excluding hydrogens is 288 g/mol. The predicted octanol–water partition coefficient (Wildman–Crippen LogP) is 3.56. The summed E-state index contributed by atoms with van der Waals surface area (Å²) in [5, 5.41) is 3.26. The Morgan fingerprint density at radius 1 is 1.35 bits per heavy atom. The maximum Gasteiger partial charge on any atom is 0.223 e. The highest BCUT2D eigenvalue weighted by molar-refractivity contribution is 5.79. The third kappa shape index (κ3) is 5.24. The molecule has 2 rings (SSSR count). The highest BCUT2D eigenvalue weighted by Crippen LogP contribution is 2.26. The molecule has 1 saturated carbocycles. The van der Waals surface area contributed by atoms with Crippen LogP contribution in [0.5, 0.6) is 5.75 Å². The topological polar surface area (TPSA) is 64.4 Å². The number of hydrogen-bond acceptors (Lipinski definition) is 3. The number of carbonyl (C=O) groups excluding carboxylic acids is 1. The summed E-state index contributed by atoms with van der Waals surface area (Å²) in [6.07, 6.45) is 7.06. The molecule has 128 valence electrons. The molecule has 1 amide bonds. The summed E-state index contributed by atoms with van der Waals surface area (Å²) >= 11 is 0. The van der Waals surface area contributed by atoms with Crippen LogP contribution in [0.3, 0.4) is 0 Å². The van der Waals surface area contributed by atoms with Crippen molar-refractivity contribution in [2.45, 2.75) is 64.0 Å². The number of nitrogens with one attached hydrogen (secondary N) is 1. The predicted molar refractivity (Wildman–Crippen MR) is 93.3 cm³/mol. The van der Waals surface area contributed by atoms with E-state index in [0.717, 1.165) is 56.3 Å². The van der Waals surface area contributed by atoms with Gasteiger partial charge in [0.1, 0.15) is 5.75 Å². The Bertz CT molecular complexity index is 487. The van der Waals surface area contributed by atoms with E-state index in [2.05, 4.69) is 12.2 Å². The molecule has 0 aliphatic heterocycles. The molecule has 3 unspecified atom stereocenters. The molecule has 0 saturated heterocycles. The maximum absolute atomic E-state index is 12.6. The van der Waals surface area contributed by atoms with Crippen molar-refractivity contribution >= 4 is 5.91 Å². The molecule has 3 atom stereocenters. The van der Waals surface area contributed by atoms with Gasteiger partial charge in [0, 0.05) is 12.0 Å². The summed E-state index contributed by atoms with van der Waals surface area (Å²) in [7, 11) is 1.66. The lowest BCUT2D eigenvalue weighted by atomic mass is 9.85. The molecule has 0 bridgehead atoms. The van der Waals surface area contributed by atoms with Crippen LogP contribution in [0.4, 0.5) is 0 Å². The Labute approximate surface area is 139 Å². The Kier molecular flexibility index (Phi) is 6.90. The average Bonchev–Trinajstić information content (AvgIpc) is 2.58. The minimum absolute atomic E-state index is 0.0705. The van der Waals surface area contributed by atoms with Gasteiger partial charge in [-0.1, -0.05) is 38.3 Å². The lowest BCUT2D eigenvalue weighted by Gasteiger charge is -2.28. The molecule has 3 N–H and O–H groups in total. The van der Waals surface area contributed by atoms with Gasteiger partial charge in [-0.15, -0.1) is 0 Å². The van der Waals surface area contributed by atoms with Crippen LogP contribution in [-0.2, 0) is 4.79 Å². The minimum atomic E-state index is 0.0705. The molecule has 4 nitrogen and oxygen atoms in total. The number of amides is 1. The largest absolute Gasteiger partial charge is 0.497 e. The zero-order valence-corrected chi connectivity index (χ0v) is 14.4. The molecule has 1 aromatic carbocycles. The van der Waals surface area contributed by atoms with Crippen molar-refractivity contribution < 1.29 is 9.53 Å². The fourth-order valence-electron chi connectivity index (χ4n) is 3.32. The molecule has 1 aromatic rings. The quantitative estimate of drug-likeness (QED) is 0.808. The van der Waals surface area contributed by atoms with E-state index >= 15 is 0 Å². The van der Waals surface area contributed by atoms with Crippen LogP contribution >= 0.6 is 0 Å². The van der Waals surface area contributed by atoms with Crippen molar-refractivity contribution in [3.63, 3.8) is 0 Å². The minimum Gasteiger partial charge on any atom is -0.497 e. The average molecular weight is 318 g/mol. The Morgan fingerprint density at radius 3 is 2.70 bits per heavy atom. The molecule has 0 aromatic heterocycles. The monoisotopic (exact) mass is 318 g/mol. The van der Waals surface area contributed by atoms with Gasteiger partial charge in [0.05, 0.1) is 13.2 Å². The first-order valence-electron chi connectivity index (χ1n) is 8.84. The first-order chi connectivity index (χ1) is 11.1. The van der Waals surface area contributed by atoms with Crippen molar-refractivity contribution in [2.75, 3.05) is 7.11 Å². The lowest BCUT2D eigenvalue weighted by Crippen LogP contribution is -2.39. The zero-order valence-electron chi connectivity index (χ0n) is 14.4. The van der Waals surface area contributed by atoms with Crippen LogP contribution in [0, 0.1) is 5.92 Å². The first-order valence-corrected chi connectivity index (χ1v) is 8.84. The van der Waals surface area contributed by atoms with Gasteiger partial charge in [0.2, 0.25) is 5.91 Å². The molecule has 1 fully saturated rings. The number of carbonyl (C=O) groups is 1. The lowest BCUT2D eigenvalue weighted by molar-refractivity contribution is -0.127. The zero-order chi connectivity index (χ0) is 16.7. The first kappa shape index (κ1) is 17.8. The Balaban J connectivity index is 2.03. The molecule has 4 heteroatoms. The molecular formula is C19H30N2O2. The third-order valence-electron chi connectivity index (χ3n) is 4.77. The van der Waals surface area contributed by atoms with Gasteiger partial charge >= 0.3 is 0 Å². The van der Waals surface area contributed by atoms with Crippen molar-refractivity contribution in [3.05, 3.63) is 29.8 Å². The Morgan fingerprint density at radius 2 is 2.09 bits per heavy atom. The number of hydrogen-bond donors (Lipinski definition) is 2. The van der Waals surface area contributed by atoms with Gasteiger partial charge in [-0.2, -0.15) is 0 Å². The normalized spacial score (nSPS) is 22.4. The molecule has 1 aliphatic carbocycles. The van der Waals surface area contributed by atoms with Crippen molar-refractivity contribution in [3.8, 4) is 5.75 Å². The standard InChI is InChI=1S/C19H30N2O2/c1-3-4-8-18(14-9-11-17(23-2)12-10-14)21-19(22)15-6-5-7-16(20)13-15/h9-12,15-16,18H,3-8,13,20H2,1-2H3,(H,21,22). The molecule has 0 spiro atoms. The van der Waals surface area contributed by atoms with Gasteiger partial charge in [0.15, 0.2) is 0 Å². The summed E-state index contributed by atoms with van der Waals surface area (Å²) in [6, 6.07) is 8.26. The van der Waals surface area contributed by atoms with E-state index in [1.165, 1.54) is 0 Å². The highest BCUT2D eigenvalue weighted by Gasteiger charge is 2.27. The fourth-order valence-corrected chi connectivity index (χ4v) is 3.32. The molecule has 1 aliphatic rings. The van der Waals surface area contributed by atoms with E-state index in [1.807, 2.05) is 24.3 Å². The van der Waals surface area contributed by atoms with E-state index < -0.39 is 0 Å². The molecule has 0 radical (unpaired) electrons. The summed E-state index contributed by atoms with van der Waals surface area (Å²) in [5.74, 6) is 1.07. The number of nitrogens with two attached hydrogens (primary N) is 1. The number of methoxy groups -OCH3 is 1. The van der Waals surface area contributed by atoms with Crippen LogP contribution in [0.25, 0.3) is 0 Å². The van der Waals surface area contributed by atoms with E-state index in [1.54, 1.807) is 7.11 Å². The number of benzene rings is 1. The fraction of sp³-hybridized carbons (Fsp3) is 0.632. The summed E-state index contributed by atoms with van der Waals surface area (Å²) in [5.41, 5.74) is 7.17. The summed E-state index contributed by atoms with van der Waals surface area (Å²) in [4.78, 5) is 12.6. The second kappa shape index (κ2) is 8.92. The van der Waals surface area contributed by atoms with Crippen LogP contribution in [-0.4, -0.2) is 19.1 Å².